The topological polar surface area (TPSA) is 65.1 Å². The summed E-state index contributed by atoms with van der Waals surface area (Å²) in [5, 5.41) is 0.797. The van der Waals surface area contributed by atoms with Crippen LogP contribution < -0.4 is 0 Å². The highest BCUT2D eigenvalue weighted by Gasteiger charge is 2.38. The van der Waals surface area contributed by atoms with E-state index in [0.29, 0.717) is 6.07 Å². The summed E-state index contributed by atoms with van der Waals surface area (Å²) in [5.41, 5.74) is 0.0512. The summed E-state index contributed by atoms with van der Waals surface area (Å²) >= 11 is 0. The van der Waals surface area contributed by atoms with Gasteiger partial charge in [0.05, 0.1) is 19.7 Å². The van der Waals surface area contributed by atoms with Gasteiger partial charge in [-0.15, -0.1) is 0 Å². The Morgan fingerprint density at radius 3 is 2.57 bits per heavy atom. The quantitative estimate of drug-likeness (QED) is 0.481. The second-order valence-corrected chi connectivity index (χ2v) is 5.19. The predicted octanol–water partition coefficient (Wildman–Crippen LogP) is 2.05. The van der Waals surface area contributed by atoms with Crippen molar-refractivity contribution in [2.45, 2.75) is 26.2 Å². The van der Waals surface area contributed by atoms with Gasteiger partial charge < -0.3 is 9.47 Å². The molecule has 0 saturated carbocycles. The van der Waals surface area contributed by atoms with Crippen LogP contribution in [0.2, 0.25) is 0 Å². The molecule has 0 bridgehead atoms. The van der Waals surface area contributed by atoms with Crippen LogP contribution in [-0.4, -0.2) is 29.8 Å². The molecular formula is C15H15F2NO5. The minimum Gasteiger partial charge on any atom is -0.445 e. The van der Waals surface area contributed by atoms with Crippen LogP contribution in [0.3, 0.4) is 0 Å². The number of carbonyl (C=O) groups excluding carboxylic acids is 2. The number of benzene rings is 1. The van der Waals surface area contributed by atoms with Crippen molar-refractivity contribution in [3.63, 3.8) is 0 Å². The third-order valence-electron chi connectivity index (χ3n) is 2.95. The minimum atomic E-state index is -1.16. The maximum absolute atomic E-state index is 13.6. The molecule has 1 aromatic rings. The van der Waals surface area contributed by atoms with Gasteiger partial charge in [-0.05, 0) is 6.07 Å². The second kappa shape index (κ2) is 6.33. The zero-order valence-electron chi connectivity index (χ0n) is 12.8. The van der Waals surface area contributed by atoms with E-state index in [9.17, 15) is 18.4 Å². The smallest absolute Gasteiger partial charge is 0.377 e. The van der Waals surface area contributed by atoms with E-state index >= 15 is 0 Å². The monoisotopic (exact) mass is 327 g/mol. The first-order valence-electron chi connectivity index (χ1n) is 6.65. The molecule has 1 aromatic carbocycles. The average Bonchev–Trinajstić information content (AvgIpc) is 2.70. The molecule has 6 nitrogen and oxygen atoms in total. The molecule has 8 heteroatoms. The summed E-state index contributed by atoms with van der Waals surface area (Å²) in [6.07, 6.45) is 0.891. The van der Waals surface area contributed by atoms with E-state index < -0.39 is 29.3 Å². The van der Waals surface area contributed by atoms with Crippen LogP contribution in [0.4, 0.5) is 8.78 Å². The molecule has 0 radical (unpaired) electrons. The Morgan fingerprint density at radius 1 is 1.35 bits per heavy atom. The Kier molecular flexibility index (Phi) is 4.65. The van der Waals surface area contributed by atoms with E-state index in [4.69, 9.17) is 14.3 Å². The van der Waals surface area contributed by atoms with Crippen molar-refractivity contribution < 1.29 is 32.7 Å². The molecule has 1 heterocycles. The van der Waals surface area contributed by atoms with Crippen LogP contribution in [0.15, 0.2) is 30.0 Å². The molecule has 0 aromatic heterocycles. The van der Waals surface area contributed by atoms with E-state index in [1.54, 1.807) is 0 Å². The van der Waals surface area contributed by atoms with E-state index in [1.165, 1.54) is 27.0 Å². The number of amides is 1. The molecule has 2 rings (SSSR count). The normalized spacial score (nSPS) is 17.8. The molecule has 124 valence electrons. The Bertz CT molecular complexity index is 672. The molecule has 23 heavy (non-hydrogen) atoms. The number of esters is 1. The zero-order valence-corrected chi connectivity index (χ0v) is 12.8. The Balaban J connectivity index is 2.14. The fraction of sp³-hybridized carbons (Fsp3) is 0.333. The SMILES string of the molecule is CON(Cc1ccc(F)cc1F)C(=O)/C=C1\OC(C)(C)OC1=O. The summed E-state index contributed by atoms with van der Waals surface area (Å²) in [6.45, 7) is 2.75. The van der Waals surface area contributed by atoms with Crippen molar-refractivity contribution in [2.24, 2.45) is 0 Å². The van der Waals surface area contributed by atoms with E-state index in [-0.39, 0.29) is 17.9 Å². The first-order chi connectivity index (χ1) is 10.7. The van der Waals surface area contributed by atoms with Crippen LogP contribution in [0.25, 0.3) is 0 Å². The number of ether oxygens (including phenoxy) is 2. The summed E-state index contributed by atoms with van der Waals surface area (Å²) in [6, 6.07) is 2.96. The molecule has 0 N–H and O–H groups in total. The molecule has 0 atom stereocenters. The van der Waals surface area contributed by atoms with Gasteiger partial charge in [0.1, 0.15) is 11.6 Å². The maximum Gasteiger partial charge on any atom is 0.377 e. The zero-order chi connectivity index (χ0) is 17.2. The van der Waals surface area contributed by atoms with Crippen molar-refractivity contribution in [1.29, 1.82) is 0 Å². The first-order valence-corrected chi connectivity index (χ1v) is 6.65. The standard InChI is InChI=1S/C15H15F2NO5/c1-15(2)22-12(14(20)23-15)7-13(19)18(21-3)8-9-4-5-10(16)6-11(9)17/h4-7H,8H2,1-3H3/b12-7-. The van der Waals surface area contributed by atoms with Gasteiger partial charge in [0.2, 0.25) is 11.5 Å². The van der Waals surface area contributed by atoms with Gasteiger partial charge in [0.15, 0.2) is 0 Å². The molecule has 0 spiro atoms. The first kappa shape index (κ1) is 16.9. The van der Waals surface area contributed by atoms with Gasteiger partial charge >= 0.3 is 5.97 Å². The molecule has 1 aliphatic heterocycles. The van der Waals surface area contributed by atoms with E-state index in [1.807, 2.05) is 0 Å². The number of hydrogen-bond acceptors (Lipinski definition) is 5. The van der Waals surface area contributed by atoms with Gasteiger partial charge in [-0.2, -0.15) is 0 Å². The van der Waals surface area contributed by atoms with Crippen molar-refractivity contribution in [1.82, 2.24) is 5.06 Å². The number of rotatable bonds is 4. The number of cyclic esters (lactones) is 1. The number of hydrogen-bond donors (Lipinski definition) is 0. The Hall–Kier alpha value is -2.48. The van der Waals surface area contributed by atoms with Crippen LogP contribution in [0.5, 0.6) is 0 Å². The molecule has 1 amide bonds. The van der Waals surface area contributed by atoms with Gasteiger partial charge in [-0.25, -0.2) is 18.6 Å². The van der Waals surface area contributed by atoms with Crippen molar-refractivity contribution in [3.05, 3.63) is 47.2 Å². The highest BCUT2D eigenvalue weighted by molar-refractivity contribution is 5.97. The fourth-order valence-electron chi connectivity index (χ4n) is 1.91. The second-order valence-electron chi connectivity index (χ2n) is 5.19. The van der Waals surface area contributed by atoms with Gasteiger partial charge in [0, 0.05) is 25.5 Å². The lowest BCUT2D eigenvalue weighted by atomic mass is 10.2. The predicted molar refractivity (Wildman–Crippen MR) is 73.3 cm³/mol. The Morgan fingerprint density at radius 2 is 2.04 bits per heavy atom. The summed E-state index contributed by atoms with van der Waals surface area (Å²) in [7, 11) is 1.20. The maximum atomic E-state index is 13.6. The van der Waals surface area contributed by atoms with Gasteiger partial charge in [-0.3, -0.25) is 9.63 Å². The summed E-state index contributed by atoms with van der Waals surface area (Å²) in [5.74, 6) is -4.52. The van der Waals surface area contributed by atoms with Gasteiger partial charge in [-0.1, -0.05) is 6.07 Å². The van der Waals surface area contributed by atoms with Crippen LogP contribution >= 0.6 is 0 Å². The summed E-state index contributed by atoms with van der Waals surface area (Å²) < 4.78 is 36.6. The van der Waals surface area contributed by atoms with Crippen molar-refractivity contribution in [2.75, 3.05) is 7.11 Å². The molecule has 1 fully saturated rings. The fourth-order valence-corrected chi connectivity index (χ4v) is 1.91. The number of halogens is 2. The molecule has 1 saturated heterocycles. The molecule has 0 aliphatic carbocycles. The van der Waals surface area contributed by atoms with Gasteiger partial charge in [0.25, 0.3) is 5.91 Å². The molecule has 0 unspecified atom stereocenters. The lowest BCUT2D eigenvalue weighted by Crippen LogP contribution is -2.29. The summed E-state index contributed by atoms with van der Waals surface area (Å²) in [4.78, 5) is 28.5. The molecule has 1 aliphatic rings. The third kappa shape index (κ3) is 4.04. The Labute approximate surface area is 131 Å². The lowest BCUT2D eigenvalue weighted by Gasteiger charge is -2.18. The third-order valence-corrected chi connectivity index (χ3v) is 2.95. The van der Waals surface area contributed by atoms with Crippen LogP contribution in [0.1, 0.15) is 19.4 Å². The highest BCUT2D eigenvalue weighted by Crippen LogP contribution is 2.26. The number of carbonyl (C=O) groups is 2. The molecular weight excluding hydrogens is 312 g/mol. The largest absolute Gasteiger partial charge is 0.445 e. The van der Waals surface area contributed by atoms with E-state index in [0.717, 1.165) is 17.2 Å². The average molecular weight is 327 g/mol. The van der Waals surface area contributed by atoms with Crippen LogP contribution in [0, 0.1) is 11.6 Å². The van der Waals surface area contributed by atoms with E-state index in [2.05, 4.69) is 0 Å². The van der Waals surface area contributed by atoms with Crippen molar-refractivity contribution >= 4 is 11.9 Å². The minimum absolute atomic E-state index is 0.0512. The van der Waals surface area contributed by atoms with Crippen molar-refractivity contribution in [3.8, 4) is 0 Å². The number of nitrogens with zero attached hydrogens (tertiary/aromatic N) is 1. The van der Waals surface area contributed by atoms with Crippen LogP contribution in [-0.2, 0) is 30.4 Å². The lowest BCUT2D eigenvalue weighted by molar-refractivity contribution is -0.173. The number of hydroxylamine groups is 2. The highest BCUT2D eigenvalue weighted by atomic mass is 19.1.